The average molecular weight is 319 g/mol. The number of hydrogen-bond acceptors (Lipinski definition) is 7. The van der Waals surface area contributed by atoms with Crippen molar-refractivity contribution >= 4 is 16.5 Å². The molecule has 0 saturated heterocycles. The zero-order valence-corrected chi connectivity index (χ0v) is 13.7. The molecule has 0 fully saturated rings. The lowest BCUT2D eigenvalue weighted by Gasteiger charge is -2.16. The first kappa shape index (κ1) is 15.9. The Balaban J connectivity index is 2.28. The number of benzene rings is 1. The molecule has 1 heterocycles. The molecule has 0 unspecified atom stereocenters. The van der Waals surface area contributed by atoms with Crippen molar-refractivity contribution in [2.75, 3.05) is 26.6 Å². The van der Waals surface area contributed by atoms with Gasteiger partial charge >= 0.3 is 0 Å². The molecule has 22 heavy (non-hydrogen) atoms. The normalized spacial score (nSPS) is 9.95. The molecule has 0 aliphatic carbocycles. The Morgan fingerprint density at radius 1 is 1.18 bits per heavy atom. The summed E-state index contributed by atoms with van der Waals surface area (Å²) in [6, 6.07) is 5.88. The van der Waals surface area contributed by atoms with E-state index in [-0.39, 0.29) is 0 Å². The summed E-state index contributed by atoms with van der Waals surface area (Å²) in [5.74, 6) is 1.76. The van der Waals surface area contributed by atoms with Crippen LogP contribution in [0.25, 0.3) is 0 Å². The summed E-state index contributed by atoms with van der Waals surface area (Å²) in [5.41, 5.74) is 2.20. The van der Waals surface area contributed by atoms with Crippen LogP contribution in [-0.4, -0.2) is 25.7 Å². The van der Waals surface area contributed by atoms with Crippen molar-refractivity contribution in [1.29, 1.82) is 5.26 Å². The highest BCUT2D eigenvalue weighted by molar-refractivity contribution is 7.10. The molecular weight excluding hydrogens is 302 g/mol. The maximum atomic E-state index is 9.15. The minimum Gasteiger partial charge on any atom is -0.493 e. The van der Waals surface area contributed by atoms with Gasteiger partial charge in [-0.2, -0.15) is 9.64 Å². The fourth-order valence-electron chi connectivity index (χ4n) is 2.10. The van der Waals surface area contributed by atoms with Crippen LogP contribution >= 0.6 is 11.5 Å². The smallest absolute Gasteiger partial charge is 0.203 e. The highest BCUT2D eigenvalue weighted by Gasteiger charge is 2.16. The van der Waals surface area contributed by atoms with Crippen molar-refractivity contribution in [3.63, 3.8) is 0 Å². The summed E-state index contributed by atoms with van der Waals surface area (Å²) < 4.78 is 20.2. The lowest BCUT2D eigenvalue weighted by Crippen LogP contribution is -2.04. The lowest BCUT2D eigenvalue weighted by molar-refractivity contribution is 0.322. The van der Waals surface area contributed by atoms with Crippen molar-refractivity contribution in [3.8, 4) is 23.3 Å². The number of aromatic nitrogens is 1. The molecule has 0 bridgehead atoms. The number of anilines is 1. The summed E-state index contributed by atoms with van der Waals surface area (Å²) in [5, 5.41) is 13.1. The van der Waals surface area contributed by atoms with Crippen molar-refractivity contribution < 1.29 is 14.2 Å². The zero-order valence-electron chi connectivity index (χ0n) is 12.9. The molecule has 1 aromatic carbocycles. The predicted octanol–water partition coefficient (Wildman–Crippen LogP) is 2.96. The Bertz CT molecular complexity index is 707. The summed E-state index contributed by atoms with van der Waals surface area (Å²) in [4.78, 5) is 0. The maximum Gasteiger partial charge on any atom is 0.203 e. The van der Waals surface area contributed by atoms with E-state index in [1.807, 2.05) is 19.1 Å². The van der Waals surface area contributed by atoms with Crippen LogP contribution in [0.15, 0.2) is 12.1 Å². The van der Waals surface area contributed by atoms with Crippen LogP contribution in [0.3, 0.4) is 0 Å². The highest BCUT2D eigenvalue weighted by atomic mass is 32.1. The van der Waals surface area contributed by atoms with Gasteiger partial charge in [-0.15, -0.1) is 0 Å². The minimum atomic E-state index is 0.486. The van der Waals surface area contributed by atoms with Crippen LogP contribution in [-0.2, 0) is 6.54 Å². The number of hydrogen-bond donors (Lipinski definition) is 1. The first-order valence-corrected chi connectivity index (χ1v) is 7.31. The lowest BCUT2D eigenvalue weighted by atomic mass is 10.1. The van der Waals surface area contributed by atoms with E-state index < -0.39 is 0 Å². The van der Waals surface area contributed by atoms with Crippen LogP contribution in [0, 0.1) is 18.3 Å². The molecule has 7 heteroatoms. The monoisotopic (exact) mass is 319 g/mol. The third-order valence-corrected chi connectivity index (χ3v) is 4.10. The van der Waals surface area contributed by atoms with E-state index in [9.17, 15) is 0 Å². The molecular formula is C15H17N3O3S. The molecule has 6 nitrogen and oxygen atoms in total. The van der Waals surface area contributed by atoms with Gasteiger partial charge in [-0.25, -0.2) is 0 Å². The van der Waals surface area contributed by atoms with Crippen molar-refractivity contribution in [3.05, 3.63) is 29.0 Å². The molecule has 2 aromatic rings. The van der Waals surface area contributed by atoms with Gasteiger partial charge < -0.3 is 19.5 Å². The van der Waals surface area contributed by atoms with Crippen LogP contribution in [0.5, 0.6) is 17.2 Å². The molecule has 0 aliphatic rings. The molecule has 116 valence electrons. The molecule has 1 aromatic heterocycles. The number of ether oxygens (including phenoxy) is 3. The quantitative estimate of drug-likeness (QED) is 0.882. The topological polar surface area (TPSA) is 76.4 Å². The largest absolute Gasteiger partial charge is 0.493 e. The van der Waals surface area contributed by atoms with Gasteiger partial charge in [0.1, 0.15) is 16.6 Å². The number of methoxy groups -OCH3 is 3. The summed E-state index contributed by atoms with van der Waals surface area (Å²) in [6.07, 6.45) is 0. The predicted molar refractivity (Wildman–Crippen MR) is 85.0 cm³/mol. The van der Waals surface area contributed by atoms with Crippen LogP contribution in [0.2, 0.25) is 0 Å². The fourth-order valence-corrected chi connectivity index (χ4v) is 2.84. The molecule has 1 N–H and O–H groups in total. The second-order valence-corrected chi connectivity index (χ2v) is 5.20. The number of nitriles is 1. The van der Waals surface area contributed by atoms with Gasteiger partial charge in [0.25, 0.3) is 0 Å². The number of nitrogens with one attached hydrogen (secondary N) is 1. The van der Waals surface area contributed by atoms with Crippen molar-refractivity contribution in [2.24, 2.45) is 0 Å². The van der Waals surface area contributed by atoms with Gasteiger partial charge in [0.05, 0.1) is 27.0 Å². The Morgan fingerprint density at radius 3 is 2.50 bits per heavy atom. The van der Waals surface area contributed by atoms with Crippen molar-refractivity contribution in [1.82, 2.24) is 4.37 Å². The zero-order chi connectivity index (χ0) is 16.1. The van der Waals surface area contributed by atoms with Gasteiger partial charge in [0, 0.05) is 12.1 Å². The molecule has 0 amide bonds. The number of rotatable bonds is 6. The molecule has 0 radical (unpaired) electrons. The minimum absolute atomic E-state index is 0.486. The second-order valence-electron chi connectivity index (χ2n) is 4.43. The van der Waals surface area contributed by atoms with E-state index in [1.165, 1.54) is 11.5 Å². The van der Waals surface area contributed by atoms with Gasteiger partial charge in [-0.05, 0) is 30.6 Å². The molecule has 0 atom stereocenters. The maximum absolute atomic E-state index is 9.15. The summed E-state index contributed by atoms with van der Waals surface area (Å²) >= 11 is 1.27. The molecule has 0 saturated carbocycles. The fraction of sp³-hybridized carbons (Fsp3) is 0.333. The summed E-state index contributed by atoms with van der Waals surface area (Å²) in [6.45, 7) is 2.30. The third kappa shape index (κ3) is 2.92. The number of aryl methyl sites for hydroxylation is 1. The van der Waals surface area contributed by atoms with E-state index in [0.29, 0.717) is 29.4 Å². The Labute approximate surface area is 133 Å². The Kier molecular flexibility index (Phi) is 5.07. The third-order valence-electron chi connectivity index (χ3n) is 3.20. The van der Waals surface area contributed by atoms with E-state index in [4.69, 9.17) is 19.5 Å². The SMILES string of the molecule is COc1ccc(CNc2snc(C)c2C#N)c(OC)c1OC. The van der Waals surface area contributed by atoms with E-state index in [2.05, 4.69) is 15.8 Å². The number of nitrogens with zero attached hydrogens (tertiary/aromatic N) is 2. The highest BCUT2D eigenvalue weighted by Crippen LogP contribution is 2.40. The second kappa shape index (κ2) is 7.00. The molecule has 2 rings (SSSR count). The van der Waals surface area contributed by atoms with Gasteiger partial charge in [-0.1, -0.05) is 0 Å². The standard InChI is InChI=1S/C15H17N3O3S/c1-9-11(7-16)15(22-18-9)17-8-10-5-6-12(19-2)14(21-4)13(10)20-3/h5-6,17H,8H2,1-4H3. The van der Waals surface area contributed by atoms with Gasteiger partial charge in [-0.3, -0.25) is 0 Å². The molecule has 0 aliphatic heterocycles. The van der Waals surface area contributed by atoms with Crippen LogP contribution < -0.4 is 19.5 Å². The van der Waals surface area contributed by atoms with Crippen LogP contribution in [0.4, 0.5) is 5.00 Å². The molecule has 0 spiro atoms. The first-order chi connectivity index (χ1) is 10.7. The summed E-state index contributed by atoms with van der Waals surface area (Å²) in [7, 11) is 4.73. The Hall–Kier alpha value is -2.46. The van der Waals surface area contributed by atoms with E-state index in [0.717, 1.165) is 16.3 Å². The average Bonchev–Trinajstić information content (AvgIpc) is 2.91. The van der Waals surface area contributed by atoms with Gasteiger partial charge in [0.15, 0.2) is 11.5 Å². The Morgan fingerprint density at radius 2 is 1.91 bits per heavy atom. The first-order valence-electron chi connectivity index (χ1n) is 6.54. The van der Waals surface area contributed by atoms with Crippen LogP contribution in [0.1, 0.15) is 16.8 Å². The van der Waals surface area contributed by atoms with E-state index in [1.54, 1.807) is 21.3 Å². The van der Waals surface area contributed by atoms with Gasteiger partial charge in [0.2, 0.25) is 5.75 Å². The van der Waals surface area contributed by atoms with E-state index >= 15 is 0 Å². The van der Waals surface area contributed by atoms with Crippen molar-refractivity contribution in [2.45, 2.75) is 13.5 Å².